The monoisotopic (exact) mass is 333 g/mol. The summed E-state index contributed by atoms with van der Waals surface area (Å²) in [5.74, 6) is 0. The minimum absolute atomic E-state index is 0.145. The predicted molar refractivity (Wildman–Crippen MR) is 79.5 cm³/mol. The quantitative estimate of drug-likeness (QED) is 0.812. The molecule has 1 aliphatic rings. The van der Waals surface area contributed by atoms with Gasteiger partial charge in [-0.15, -0.1) is 5.23 Å². The Bertz CT molecular complexity index is 515. The Labute approximate surface area is 133 Å². The van der Waals surface area contributed by atoms with Crippen molar-refractivity contribution in [1.29, 1.82) is 0 Å². The molecule has 0 saturated carbocycles. The first-order valence-corrected chi connectivity index (χ1v) is 7.64. The topological polar surface area (TPSA) is 50.2 Å². The van der Waals surface area contributed by atoms with Gasteiger partial charge in [0.25, 0.3) is 0 Å². The van der Waals surface area contributed by atoms with Crippen LogP contribution in [0.5, 0.6) is 0 Å². The normalized spacial score (nSPS) is 17.5. The summed E-state index contributed by atoms with van der Waals surface area (Å²) in [5.41, 5.74) is -1.00. The molecule has 0 unspecified atom stereocenters. The van der Waals surface area contributed by atoms with Crippen molar-refractivity contribution in [3.63, 3.8) is 0 Å². The molecule has 1 aromatic rings. The summed E-state index contributed by atoms with van der Waals surface area (Å²) in [7, 11) is 0. The third-order valence-electron chi connectivity index (χ3n) is 4.03. The SMILES string of the molecule is CCCN1CCN(Cc2ccc(N(O)O)cc2C(F)(F)F)CC1. The van der Waals surface area contributed by atoms with Crippen molar-refractivity contribution in [3.8, 4) is 0 Å². The number of piperazine rings is 1. The van der Waals surface area contributed by atoms with Crippen LogP contribution in [0.15, 0.2) is 18.2 Å². The van der Waals surface area contributed by atoms with E-state index in [1.165, 1.54) is 12.1 Å². The van der Waals surface area contributed by atoms with Crippen molar-refractivity contribution in [2.45, 2.75) is 26.1 Å². The molecule has 130 valence electrons. The van der Waals surface area contributed by atoms with Crippen LogP contribution in [0.4, 0.5) is 18.9 Å². The van der Waals surface area contributed by atoms with Gasteiger partial charge in [-0.05, 0) is 30.7 Å². The molecular formula is C15H22F3N3O2. The zero-order chi connectivity index (χ0) is 17.0. The van der Waals surface area contributed by atoms with Gasteiger partial charge in [0.2, 0.25) is 0 Å². The van der Waals surface area contributed by atoms with Gasteiger partial charge in [-0.3, -0.25) is 15.3 Å². The van der Waals surface area contributed by atoms with Crippen LogP contribution in [0, 0.1) is 0 Å². The molecule has 0 atom stereocenters. The van der Waals surface area contributed by atoms with Crippen LogP contribution in [-0.4, -0.2) is 52.9 Å². The summed E-state index contributed by atoms with van der Waals surface area (Å²) in [4.78, 5) is 4.30. The summed E-state index contributed by atoms with van der Waals surface area (Å²) in [5, 5.41) is 17.5. The average Bonchev–Trinajstić information content (AvgIpc) is 2.48. The Balaban J connectivity index is 2.11. The van der Waals surface area contributed by atoms with Crippen molar-refractivity contribution in [2.75, 3.05) is 38.0 Å². The first-order valence-electron chi connectivity index (χ1n) is 7.64. The molecule has 1 heterocycles. The third kappa shape index (κ3) is 4.81. The van der Waals surface area contributed by atoms with E-state index in [9.17, 15) is 13.2 Å². The zero-order valence-corrected chi connectivity index (χ0v) is 13.1. The lowest BCUT2D eigenvalue weighted by Crippen LogP contribution is -2.46. The van der Waals surface area contributed by atoms with Crippen molar-refractivity contribution < 1.29 is 23.6 Å². The van der Waals surface area contributed by atoms with E-state index < -0.39 is 11.7 Å². The fraction of sp³-hybridized carbons (Fsp3) is 0.600. The molecule has 0 aromatic heterocycles. The molecular weight excluding hydrogens is 311 g/mol. The average molecular weight is 333 g/mol. The Kier molecular flexibility index (Phi) is 5.85. The van der Waals surface area contributed by atoms with Crippen molar-refractivity contribution in [3.05, 3.63) is 29.3 Å². The molecule has 0 spiro atoms. The van der Waals surface area contributed by atoms with Crippen molar-refractivity contribution >= 4 is 5.69 Å². The van der Waals surface area contributed by atoms with Gasteiger partial charge in [-0.1, -0.05) is 13.0 Å². The molecule has 2 rings (SSSR count). The number of alkyl halides is 3. The second kappa shape index (κ2) is 7.48. The molecule has 0 aliphatic carbocycles. The molecule has 8 heteroatoms. The second-order valence-electron chi connectivity index (χ2n) is 5.75. The molecule has 23 heavy (non-hydrogen) atoms. The van der Waals surface area contributed by atoms with Crippen LogP contribution in [-0.2, 0) is 12.7 Å². The van der Waals surface area contributed by atoms with Crippen LogP contribution in [0.1, 0.15) is 24.5 Å². The smallest absolute Gasteiger partial charge is 0.301 e. The van der Waals surface area contributed by atoms with E-state index in [1.54, 1.807) is 0 Å². The van der Waals surface area contributed by atoms with E-state index in [4.69, 9.17) is 10.4 Å². The van der Waals surface area contributed by atoms with Crippen molar-refractivity contribution in [2.24, 2.45) is 0 Å². The van der Waals surface area contributed by atoms with Crippen LogP contribution in [0.25, 0.3) is 0 Å². The fourth-order valence-corrected chi connectivity index (χ4v) is 2.82. The van der Waals surface area contributed by atoms with E-state index in [0.29, 0.717) is 0 Å². The largest absolute Gasteiger partial charge is 0.416 e. The summed E-state index contributed by atoms with van der Waals surface area (Å²) in [6.07, 6.45) is -3.47. The number of nitrogens with zero attached hydrogens (tertiary/aromatic N) is 3. The standard InChI is InChI=1S/C15H22F3N3O2/c1-2-5-19-6-8-20(9-7-19)11-12-3-4-13(21(22)23)10-14(12)15(16,17)18/h3-4,10,22-23H,2,5-9,11H2,1H3. The Morgan fingerprint density at radius 1 is 1.09 bits per heavy atom. The second-order valence-corrected chi connectivity index (χ2v) is 5.75. The van der Waals surface area contributed by atoms with Gasteiger partial charge < -0.3 is 4.90 Å². The van der Waals surface area contributed by atoms with Gasteiger partial charge in [0.05, 0.1) is 11.3 Å². The van der Waals surface area contributed by atoms with Crippen LogP contribution >= 0.6 is 0 Å². The molecule has 5 nitrogen and oxygen atoms in total. The number of halogens is 3. The number of hydrogen-bond donors (Lipinski definition) is 2. The number of anilines is 1. The first-order chi connectivity index (χ1) is 10.8. The molecule has 2 N–H and O–H groups in total. The molecule has 1 aromatic carbocycles. The van der Waals surface area contributed by atoms with E-state index in [0.717, 1.165) is 45.2 Å². The molecule has 0 bridgehead atoms. The van der Waals surface area contributed by atoms with E-state index >= 15 is 0 Å². The highest BCUT2D eigenvalue weighted by atomic mass is 19.4. The molecule has 1 saturated heterocycles. The van der Waals surface area contributed by atoms with Gasteiger partial charge in [0.1, 0.15) is 0 Å². The summed E-state index contributed by atoms with van der Waals surface area (Å²) < 4.78 is 39.6. The third-order valence-corrected chi connectivity index (χ3v) is 4.03. The van der Waals surface area contributed by atoms with Crippen molar-refractivity contribution in [1.82, 2.24) is 9.80 Å². The summed E-state index contributed by atoms with van der Waals surface area (Å²) >= 11 is 0. The first kappa shape index (κ1) is 18.0. The minimum atomic E-state index is -4.54. The zero-order valence-electron chi connectivity index (χ0n) is 13.1. The predicted octanol–water partition coefficient (Wildman–Crippen LogP) is 2.82. The number of rotatable bonds is 5. The van der Waals surface area contributed by atoms with Gasteiger partial charge in [-0.25, -0.2) is 0 Å². The summed E-state index contributed by atoms with van der Waals surface area (Å²) in [6, 6.07) is 3.32. The van der Waals surface area contributed by atoms with Gasteiger partial charge in [-0.2, -0.15) is 13.2 Å². The highest BCUT2D eigenvalue weighted by Crippen LogP contribution is 2.35. The minimum Gasteiger partial charge on any atom is -0.301 e. The summed E-state index contributed by atoms with van der Waals surface area (Å²) in [6.45, 7) is 6.49. The maximum absolute atomic E-state index is 13.2. The number of hydrogen-bond acceptors (Lipinski definition) is 5. The fourth-order valence-electron chi connectivity index (χ4n) is 2.82. The number of benzene rings is 1. The molecule has 0 radical (unpaired) electrons. The van der Waals surface area contributed by atoms with Gasteiger partial charge in [0.15, 0.2) is 0 Å². The molecule has 1 aliphatic heterocycles. The van der Waals surface area contributed by atoms with E-state index in [1.807, 2.05) is 4.90 Å². The highest BCUT2D eigenvalue weighted by Gasteiger charge is 2.34. The Hall–Kier alpha value is -1.35. The highest BCUT2D eigenvalue weighted by molar-refractivity contribution is 5.48. The maximum atomic E-state index is 13.2. The Morgan fingerprint density at radius 2 is 1.70 bits per heavy atom. The molecule has 1 fully saturated rings. The van der Waals surface area contributed by atoms with Gasteiger partial charge >= 0.3 is 6.18 Å². The van der Waals surface area contributed by atoms with Gasteiger partial charge in [0, 0.05) is 32.7 Å². The lowest BCUT2D eigenvalue weighted by Gasteiger charge is -2.35. The lowest BCUT2D eigenvalue weighted by molar-refractivity contribution is -0.138. The van der Waals surface area contributed by atoms with Crippen LogP contribution in [0.3, 0.4) is 0 Å². The maximum Gasteiger partial charge on any atom is 0.416 e. The lowest BCUT2D eigenvalue weighted by atomic mass is 10.0. The molecule has 0 amide bonds. The van der Waals surface area contributed by atoms with E-state index in [2.05, 4.69) is 11.8 Å². The van der Waals surface area contributed by atoms with Crippen LogP contribution in [0.2, 0.25) is 0 Å². The Morgan fingerprint density at radius 3 is 2.22 bits per heavy atom. The van der Waals surface area contributed by atoms with Crippen LogP contribution < -0.4 is 5.23 Å². The van der Waals surface area contributed by atoms with E-state index in [-0.39, 0.29) is 23.0 Å².